The quantitative estimate of drug-likeness (QED) is 0.701. The number of aromatic nitrogens is 3. The van der Waals surface area contributed by atoms with Gasteiger partial charge in [-0.15, -0.1) is 0 Å². The average molecular weight is 382 g/mol. The molecule has 3 aromatic rings. The van der Waals surface area contributed by atoms with Gasteiger partial charge in [0.2, 0.25) is 17.7 Å². The Morgan fingerprint density at radius 2 is 1.96 bits per heavy atom. The predicted molar refractivity (Wildman–Crippen MR) is 105 cm³/mol. The lowest BCUT2D eigenvalue weighted by Gasteiger charge is -2.10. The molecule has 0 radical (unpaired) electrons. The first-order valence-electron chi connectivity index (χ1n) is 9.35. The molecule has 2 aromatic heterocycles. The number of amides is 1. The van der Waals surface area contributed by atoms with Gasteiger partial charge in [-0.2, -0.15) is 4.98 Å². The lowest BCUT2D eigenvalue weighted by Crippen LogP contribution is -2.27. The third-order valence-corrected chi connectivity index (χ3v) is 4.27. The Hall–Kier alpha value is -2.96. The number of aryl methyl sites for hydroxylation is 2. The Balaban J connectivity index is 1.54. The van der Waals surface area contributed by atoms with Crippen molar-refractivity contribution < 1.29 is 13.7 Å². The van der Waals surface area contributed by atoms with E-state index in [9.17, 15) is 4.79 Å². The van der Waals surface area contributed by atoms with Crippen LogP contribution in [0.2, 0.25) is 0 Å². The number of hydrogen-bond acceptors (Lipinski definition) is 6. The van der Waals surface area contributed by atoms with Gasteiger partial charge in [-0.05, 0) is 26.0 Å². The fourth-order valence-corrected chi connectivity index (χ4v) is 2.68. The summed E-state index contributed by atoms with van der Waals surface area (Å²) in [6.45, 7) is 10.3. The third-order valence-electron chi connectivity index (χ3n) is 4.27. The monoisotopic (exact) mass is 382 g/mol. The first-order chi connectivity index (χ1) is 13.2. The number of benzene rings is 1. The molecule has 0 fully saturated rings. The highest BCUT2D eigenvalue weighted by molar-refractivity contribution is 5.78. The second-order valence-corrected chi connectivity index (χ2v) is 7.93. The normalized spacial score (nSPS) is 11.6. The molecule has 3 rings (SSSR count). The third kappa shape index (κ3) is 4.85. The predicted octanol–water partition coefficient (Wildman–Crippen LogP) is 3.54. The number of rotatable bonds is 6. The Kier molecular flexibility index (Phi) is 5.63. The van der Waals surface area contributed by atoms with E-state index in [2.05, 4.69) is 20.4 Å². The Morgan fingerprint density at radius 3 is 2.64 bits per heavy atom. The van der Waals surface area contributed by atoms with E-state index in [0.717, 1.165) is 11.1 Å². The molecule has 0 bridgehead atoms. The Bertz CT molecular complexity index is 966. The molecular weight excluding hydrogens is 356 g/mol. The molecule has 7 nitrogen and oxygen atoms in total. The van der Waals surface area contributed by atoms with Crippen LogP contribution in [0.4, 0.5) is 0 Å². The van der Waals surface area contributed by atoms with Crippen LogP contribution in [0.5, 0.6) is 0 Å². The van der Waals surface area contributed by atoms with Crippen molar-refractivity contribution in [1.82, 2.24) is 20.4 Å². The summed E-state index contributed by atoms with van der Waals surface area (Å²) in [5.74, 6) is 2.25. The number of hydrogen-bond donors (Lipinski definition) is 1. The van der Waals surface area contributed by atoms with E-state index in [1.54, 1.807) is 0 Å². The van der Waals surface area contributed by atoms with Crippen LogP contribution in [0.25, 0.3) is 11.5 Å². The highest BCUT2D eigenvalue weighted by Gasteiger charge is 2.21. The first kappa shape index (κ1) is 19.8. The van der Waals surface area contributed by atoms with Crippen molar-refractivity contribution in [3.63, 3.8) is 0 Å². The molecule has 0 atom stereocenters. The standard InChI is InChI=1S/C21H26N4O3/c1-13-7-6-8-15(11-13)19-23-16(14(2)27-19)12-18(26)22-10-9-17-24-20(28-25-17)21(3,4)5/h6-8,11H,9-10,12H2,1-5H3,(H,22,26). The molecule has 28 heavy (non-hydrogen) atoms. The molecular formula is C21H26N4O3. The fraction of sp³-hybridized carbons (Fsp3) is 0.429. The molecule has 148 valence electrons. The van der Waals surface area contributed by atoms with Gasteiger partial charge >= 0.3 is 0 Å². The molecule has 0 aliphatic carbocycles. The SMILES string of the molecule is Cc1cccc(-c2nc(CC(=O)NCCc3noc(C(C)(C)C)n3)c(C)o2)c1. The largest absolute Gasteiger partial charge is 0.441 e. The van der Waals surface area contributed by atoms with Gasteiger partial charge in [-0.25, -0.2) is 4.98 Å². The van der Waals surface area contributed by atoms with Crippen molar-refractivity contribution in [2.24, 2.45) is 0 Å². The minimum atomic E-state index is -0.187. The summed E-state index contributed by atoms with van der Waals surface area (Å²) < 4.78 is 11.0. The Labute approximate surface area is 164 Å². The summed E-state index contributed by atoms with van der Waals surface area (Å²) in [4.78, 5) is 21.1. The van der Waals surface area contributed by atoms with Crippen LogP contribution in [0.1, 0.15) is 49.5 Å². The summed E-state index contributed by atoms with van der Waals surface area (Å²) >= 11 is 0. The fourth-order valence-electron chi connectivity index (χ4n) is 2.68. The van der Waals surface area contributed by atoms with E-state index in [-0.39, 0.29) is 17.7 Å². The highest BCUT2D eigenvalue weighted by Crippen LogP contribution is 2.23. The molecule has 2 heterocycles. The molecule has 1 amide bonds. The van der Waals surface area contributed by atoms with Crippen LogP contribution in [-0.4, -0.2) is 27.6 Å². The van der Waals surface area contributed by atoms with E-state index in [4.69, 9.17) is 8.94 Å². The summed E-state index contributed by atoms with van der Waals surface area (Å²) in [6, 6.07) is 7.92. The van der Waals surface area contributed by atoms with Crippen molar-refractivity contribution >= 4 is 5.91 Å². The van der Waals surface area contributed by atoms with Gasteiger partial charge in [-0.3, -0.25) is 4.79 Å². The summed E-state index contributed by atoms with van der Waals surface area (Å²) in [6.07, 6.45) is 0.679. The second kappa shape index (κ2) is 7.96. The van der Waals surface area contributed by atoms with Gasteiger partial charge < -0.3 is 14.3 Å². The van der Waals surface area contributed by atoms with E-state index in [0.29, 0.717) is 42.0 Å². The maximum atomic E-state index is 12.3. The molecule has 0 aliphatic rings. The average Bonchev–Trinajstić information content (AvgIpc) is 3.22. The van der Waals surface area contributed by atoms with Gasteiger partial charge in [0.25, 0.3) is 0 Å². The van der Waals surface area contributed by atoms with E-state index in [1.807, 2.05) is 58.9 Å². The highest BCUT2D eigenvalue weighted by atomic mass is 16.5. The number of carbonyl (C=O) groups is 1. The van der Waals surface area contributed by atoms with E-state index in [1.165, 1.54) is 0 Å². The molecule has 1 N–H and O–H groups in total. The number of carbonyl (C=O) groups excluding carboxylic acids is 1. The molecule has 0 unspecified atom stereocenters. The van der Waals surface area contributed by atoms with Gasteiger partial charge in [0, 0.05) is 23.9 Å². The van der Waals surface area contributed by atoms with Crippen LogP contribution >= 0.6 is 0 Å². The van der Waals surface area contributed by atoms with E-state index >= 15 is 0 Å². The lowest BCUT2D eigenvalue weighted by molar-refractivity contribution is -0.120. The van der Waals surface area contributed by atoms with Crippen LogP contribution in [0.15, 0.2) is 33.2 Å². The molecule has 0 aliphatic heterocycles. The van der Waals surface area contributed by atoms with Crippen molar-refractivity contribution in [3.8, 4) is 11.5 Å². The topological polar surface area (TPSA) is 94.1 Å². The minimum Gasteiger partial charge on any atom is -0.441 e. The van der Waals surface area contributed by atoms with Crippen molar-refractivity contribution in [3.05, 3.63) is 53.0 Å². The van der Waals surface area contributed by atoms with Crippen molar-refractivity contribution in [1.29, 1.82) is 0 Å². The minimum absolute atomic E-state index is 0.119. The number of nitrogens with one attached hydrogen (secondary N) is 1. The van der Waals surface area contributed by atoms with E-state index < -0.39 is 0 Å². The molecule has 0 spiro atoms. The van der Waals surface area contributed by atoms with Crippen LogP contribution in [0.3, 0.4) is 0 Å². The number of nitrogens with zero attached hydrogens (tertiary/aromatic N) is 3. The zero-order chi connectivity index (χ0) is 20.3. The molecule has 1 aromatic carbocycles. The molecule has 0 saturated carbocycles. The molecule has 0 saturated heterocycles. The van der Waals surface area contributed by atoms with Gasteiger partial charge in [0.15, 0.2) is 5.82 Å². The zero-order valence-electron chi connectivity index (χ0n) is 17.0. The van der Waals surface area contributed by atoms with Gasteiger partial charge in [-0.1, -0.05) is 43.6 Å². The summed E-state index contributed by atoms with van der Waals surface area (Å²) in [7, 11) is 0. The van der Waals surface area contributed by atoms with Gasteiger partial charge in [0.1, 0.15) is 5.76 Å². The van der Waals surface area contributed by atoms with Crippen molar-refractivity contribution in [2.75, 3.05) is 6.54 Å². The maximum absolute atomic E-state index is 12.3. The summed E-state index contributed by atoms with van der Waals surface area (Å²) in [5.41, 5.74) is 2.49. The van der Waals surface area contributed by atoms with Crippen LogP contribution in [-0.2, 0) is 23.1 Å². The molecule has 7 heteroatoms. The van der Waals surface area contributed by atoms with Crippen LogP contribution in [0, 0.1) is 13.8 Å². The maximum Gasteiger partial charge on any atom is 0.232 e. The Morgan fingerprint density at radius 1 is 1.18 bits per heavy atom. The summed E-state index contributed by atoms with van der Waals surface area (Å²) in [5, 5.41) is 6.83. The zero-order valence-corrected chi connectivity index (χ0v) is 17.0. The van der Waals surface area contributed by atoms with Crippen LogP contribution < -0.4 is 5.32 Å². The smallest absolute Gasteiger partial charge is 0.232 e. The van der Waals surface area contributed by atoms with Crippen molar-refractivity contribution in [2.45, 2.75) is 52.9 Å². The van der Waals surface area contributed by atoms with Gasteiger partial charge in [0.05, 0.1) is 12.1 Å². The lowest BCUT2D eigenvalue weighted by atomic mass is 9.97. The second-order valence-electron chi connectivity index (χ2n) is 7.93. The number of oxazole rings is 1. The first-order valence-corrected chi connectivity index (χ1v) is 9.35.